The molecule has 0 spiro atoms. The molecule has 0 radical (unpaired) electrons. The van der Waals surface area contributed by atoms with Gasteiger partial charge >= 0.3 is 6.03 Å². The number of carbonyl (C=O) groups excluding carboxylic acids is 1. The van der Waals surface area contributed by atoms with Gasteiger partial charge in [0.15, 0.2) is 0 Å². The number of aromatic nitrogens is 3. The fourth-order valence-electron chi connectivity index (χ4n) is 3.10. The van der Waals surface area contributed by atoms with Crippen molar-refractivity contribution in [3.8, 4) is 5.75 Å². The molecule has 0 fully saturated rings. The quantitative estimate of drug-likeness (QED) is 0.369. The fraction of sp³-hybridized carbons (Fsp3) is 0.333. The second kappa shape index (κ2) is 9.73. The molecule has 2 aromatic heterocycles. The van der Waals surface area contributed by atoms with Crippen LogP contribution in [-0.4, -0.2) is 47.1 Å². The van der Waals surface area contributed by atoms with Gasteiger partial charge < -0.3 is 15.0 Å². The number of guanidine groups is 1. The number of benzene rings is 1. The molecule has 0 aliphatic heterocycles. The molecule has 30 heavy (non-hydrogen) atoms. The lowest BCUT2D eigenvalue weighted by molar-refractivity contribution is 0.246. The van der Waals surface area contributed by atoms with Crippen LogP contribution in [0, 0.1) is 13.8 Å². The predicted molar refractivity (Wildman–Crippen MR) is 118 cm³/mol. The van der Waals surface area contributed by atoms with Crippen molar-refractivity contribution in [2.24, 2.45) is 4.99 Å². The molecule has 0 saturated heterocycles. The summed E-state index contributed by atoms with van der Waals surface area (Å²) in [7, 11) is 1.65. The van der Waals surface area contributed by atoms with Gasteiger partial charge in [0.1, 0.15) is 5.75 Å². The Bertz CT molecular complexity index is 1040. The van der Waals surface area contributed by atoms with Crippen LogP contribution in [0.4, 0.5) is 10.7 Å². The molecule has 2 amide bonds. The molecule has 2 heterocycles. The summed E-state index contributed by atoms with van der Waals surface area (Å²) in [6.45, 7) is 6.61. The van der Waals surface area contributed by atoms with Crippen molar-refractivity contribution in [2.45, 2.75) is 27.2 Å². The van der Waals surface area contributed by atoms with Crippen LogP contribution < -0.4 is 20.7 Å². The van der Waals surface area contributed by atoms with Gasteiger partial charge in [0, 0.05) is 47.6 Å². The molecule has 3 aromatic rings. The Morgan fingerprint density at radius 2 is 1.97 bits per heavy atom. The summed E-state index contributed by atoms with van der Waals surface area (Å²) in [4.78, 5) is 28.5. The van der Waals surface area contributed by atoms with Crippen molar-refractivity contribution in [1.29, 1.82) is 0 Å². The monoisotopic (exact) mass is 409 g/mol. The average molecular weight is 409 g/mol. The number of amides is 2. The van der Waals surface area contributed by atoms with Gasteiger partial charge in [0.2, 0.25) is 11.9 Å². The van der Waals surface area contributed by atoms with Gasteiger partial charge in [0.05, 0.1) is 7.11 Å². The van der Waals surface area contributed by atoms with Crippen LogP contribution in [0.25, 0.3) is 10.9 Å². The van der Waals surface area contributed by atoms with E-state index in [1.54, 1.807) is 7.11 Å². The summed E-state index contributed by atoms with van der Waals surface area (Å²) in [5.74, 6) is 1.50. The lowest BCUT2D eigenvalue weighted by Gasteiger charge is -2.11. The van der Waals surface area contributed by atoms with Crippen LogP contribution in [0.5, 0.6) is 5.75 Å². The van der Waals surface area contributed by atoms with Crippen LogP contribution in [0.15, 0.2) is 35.5 Å². The van der Waals surface area contributed by atoms with Gasteiger partial charge in [-0.25, -0.2) is 14.8 Å². The van der Waals surface area contributed by atoms with Crippen LogP contribution in [-0.2, 0) is 6.42 Å². The minimum atomic E-state index is -0.340. The molecule has 0 aliphatic carbocycles. The number of nitrogens with one attached hydrogen (secondary N) is 4. The number of aliphatic imine (C=N–C) groups is 1. The third-order valence-electron chi connectivity index (χ3n) is 4.41. The number of aryl methyl sites for hydroxylation is 2. The largest absolute Gasteiger partial charge is 0.497 e. The second-order valence-electron chi connectivity index (χ2n) is 6.79. The smallest absolute Gasteiger partial charge is 0.321 e. The van der Waals surface area contributed by atoms with Crippen molar-refractivity contribution in [1.82, 2.24) is 25.6 Å². The van der Waals surface area contributed by atoms with Crippen molar-refractivity contribution in [3.63, 3.8) is 0 Å². The SMILES string of the molecule is CCNC(=O)NC(=NCCc1c[nH]c2cc(OC)ccc12)Nc1nc(C)cc(C)n1. The minimum Gasteiger partial charge on any atom is -0.497 e. The molecular formula is C21H27N7O2. The molecule has 0 unspecified atom stereocenters. The highest BCUT2D eigenvalue weighted by Crippen LogP contribution is 2.23. The lowest BCUT2D eigenvalue weighted by atomic mass is 10.1. The second-order valence-corrected chi connectivity index (χ2v) is 6.79. The molecule has 0 bridgehead atoms. The van der Waals surface area contributed by atoms with Crippen LogP contribution in [0.2, 0.25) is 0 Å². The number of aromatic amines is 1. The van der Waals surface area contributed by atoms with Crippen molar-refractivity contribution >= 4 is 28.8 Å². The topological polar surface area (TPSA) is 116 Å². The Morgan fingerprint density at radius 1 is 1.20 bits per heavy atom. The fourth-order valence-corrected chi connectivity index (χ4v) is 3.10. The first-order chi connectivity index (χ1) is 14.5. The van der Waals surface area contributed by atoms with E-state index in [0.29, 0.717) is 31.4 Å². The van der Waals surface area contributed by atoms with Gasteiger partial charge in [-0.15, -0.1) is 0 Å². The van der Waals surface area contributed by atoms with E-state index in [-0.39, 0.29) is 6.03 Å². The summed E-state index contributed by atoms with van der Waals surface area (Å²) < 4.78 is 5.27. The number of urea groups is 1. The zero-order valence-corrected chi connectivity index (χ0v) is 17.7. The lowest BCUT2D eigenvalue weighted by Crippen LogP contribution is -2.43. The predicted octanol–water partition coefficient (Wildman–Crippen LogP) is 2.91. The summed E-state index contributed by atoms with van der Waals surface area (Å²) in [6.07, 6.45) is 2.67. The highest BCUT2D eigenvalue weighted by Gasteiger charge is 2.09. The number of H-pyrrole nitrogens is 1. The van der Waals surface area contributed by atoms with E-state index in [2.05, 4.69) is 35.9 Å². The van der Waals surface area contributed by atoms with Crippen molar-refractivity contribution in [3.05, 3.63) is 47.4 Å². The summed E-state index contributed by atoms with van der Waals surface area (Å²) in [5.41, 5.74) is 3.81. The van der Waals surface area contributed by atoms with Crippen LogP contribution in [0.3, 0.4) is 0 Å². The first kappa shape index (κ1) is 21.1. The van der Waals surface area contributed by atoms with Gasteiger partial charge in [0.25, 0.3) is 0 Å². The zero-order valence-electron chi connectivity index (χ0n) is 17.7. The third-order valence-corrected chi connectivity index (χ3v) is 4.41. The van der Waals surface area contributed by atoms with E-state index in [1.165, 1.54) is 0 Å². The molecule has 0 atom stereocenters. The van der Waals surface area contributed by atoms with E-state index in [4.69, 9.17) is 4.74 Å². The first-order valence-electron chi connectivity index (χ1n) is 9.81. The molecule has 9 heteroatoms. The highest BCUT2D eigenvalue weighted by molar-refractivity contribution is 6.02. The summed E-state index contributed by atoms with van der Waals surface area (Å²) in [5, 5.41) is 9.55. The van der Waals surface area contributed by atoms with Crippen LogP contribution in [0.1, 0.15) is 23.9 Å². The standard InChI is InChI=1S/C21H27N7O2/c1-5-22-21(29)28-19(27-20-25-13(2)10-14(3)26-20)23-9-8-15-12-24-18-11-16(30-4)6-7-17(15)18/h6-7,10-12,24H,5,8-9H2,1-4H3,(H3,22,23,25,26,27,28,29). The maximum atomic E-state index is 12.0. The molecule has 1 aromatic carbocycles. The van der Waals surface area contributed by atoms with Gasteiger partial charge in [-0.3, -0.25) is 15.6 Å². The number of fused-ring (bicyclic) bond motifs is 1. The minimum absolute atomic E-state index is 0.299. The first-order valence-corrected chi connectivity index (χ1v) is 9.81. The number of ether oxygens (including phenoxy) is 1. The maximum absolute atomic E-state index is 12.0. The molecule has 0 aliphatic rings. The molecule has 158 valence electrons. The Kier molecular flexibility index (Phi) is 6.84. The third kappa shape index (κ3) is 5.47. The Morgan fingerprint density at radius 3 is 2.67 bits per heavy atom. The number of anilines is 1. The maximum Gasteiger partial charge on any atom is 0.321 e. The molecule has 3 rings (SSSR count). The van der Waals surface area contributed by atoms with Crippen molar-refractivity contribution in [2.75, 3.05) is 25.5 Å². The number of rotatable bonds is 6. The van der Waals surface area contributed by atoms with Crippen molar-refractivity contribution < 1.29 is 9.53 Å². The summed E-state index contributed by atoms with van der Waals surface area (Å²) >= 11 is 0. The Balaban J connectivity index is 1.74. The summed E-state index contributed by atoms with van der Waals surface area (Å²) in [6, 6.07) is 7.46. The van der Waals surface area contributed by atoms with E-state index in [0.717, 1.165) is 33.6 Å². The van der Waals surface area contributed by atoms with Gasteiger partial charge in [-0.2, -0.15) is 0 Å². The van der Waals surface area contributed by atoms with E-state index >= 15 is 0 Å². The number of hydrogen-bond acceptors (Lipinski definition) is 5. The number of nitrogens with zero attached hydrogens (tertiary/aromatic N) is 3. The van der Waals surface area contributed by atoms with Gasteiger partial charge in [-0.05, 0) is 51.0 Å². The van der Waals surface area contributed by atoms with Crippen LogP contribution >= 0.6 is 0 Å². The van der Waals surface area contributed by atoms with Gasteiger partial charge in [-0.1, -0.05) is 0 Å². The Labute approximate surface area is 175 Å². The molecule has 0 saturated carbocycles. The van der Waals surface area contributed by atoms with E-state index < -0.39 is 0 Å². The number of methoxy groups -OCH3 is 1. The highest BCUT2D eigenvalue weighted by atomic mass is 16.5. The molecular weight excluding hydrogens is 382 g/mol. The normalized spacial score (nSPS) is 11.4. The Hall–Kier alpha value is -3.62. The molecule has 4 N–H and O–H groups in total. The molecule has 9 nitrogen and oxygen atoms in total. The van der Waals surface area contributed by atoms with E-state index in [9.17, 15) is 4.79 Å². The van der Waals surface area contributed by atoms with E-state index in [1.807, 2.05) is 51.2 Å². The average Bonchev–Trinajstić information content (AvgIpc) is 3.09. The zero-order chi connectivity index (χ0) is 21.5. The number of hydrogen-bond donors (Lipinski definition) is 4. The number of carbonyl (C=O) groups is 1.